The lowest BCUT2D eigenvalue weighted by atomic mass is 9.99. The molecule has 140 valence electrons. The van der Waals surface area contributed by atoms with Gasteiger partial charge in [-0.25, -0.2) is 4.99 Å². The molecule has 0 fully saturated rings. The number of hydrogen-bond acceptors (Lipinski definition) is 2. The van der Waals surface area contributed by atoms with Gasteiger partial charge in [0.25, 0.3) is 0 Å². The maximum Gasteiger partial charge on any atom is 0.573 e. The van der Waals surface area contributed by atoms with Crippen LogP contribution in [-0.2, 0) is 6.42 Å². The SMILES string of the molecule is CCN(C)/C=N\c1cc(C)c(Cc2ccccc2OC(F)(F)F)cc1Cl. The van der Waals surface area contributed by atoms with Crippen molar-refractivity contribution in [3.05, 3.63) is 58.1 Å². The van der Waals surface area contributed by atoms with Crippen LogP contribution >= 0.6 is 11.6 Å². The van der Waals surface area contributed by atoms with Crippen LogP contribution in [0.1, 0.15) is 23.6 Å². The second-order valence-corrected chi connectivity index (χ2v) is 6.29. The summed E-state index contributed by atoms with van der Waals surface area (Å²) in [7, 11) is 1.90. The van der Waals surface area contributed by atoms with Gasteiger partial charge < -0.3 is 9.64 Å². The van der Waals surface area contributed by atoms with Crippen LogP contribution in [0.4, 0.5) is 18.9 Å². The summed E-state index contributed by atoms with van der Waals surface area (Å²) in [5.74, 6) is -0.206. The van der Waals surface area contributed by atoms with Crippen LogP contribution in [0.25, 0.3) is 0 Å². The summed E-state index contributed by atoms with van der Waals surface area (Å²) in [6.45, 7) is 4.69. The molecule has 0 aromatic heterocycles. The van der Waals surface area contributed by atoms with Crippen molar-refractivity contribution < 1.29 is 17.9 Å². The molecule has 2 rings (SSSR count). The molecular weight excluding hydrogens is 365 g/mol. The van der Waals surface area contributed by atoms with E-state index in [-0.39, 0.29) is 12.2 Å². The highest BCUT2D eigenvalue weighted by Gasteiger charge is 2.32. The molecule has 3 nitrogen and oxygen atoms in total. The summed E-state index contributed by atoms with van der Waals surface area (Å²) >= 11 is 6.30. The van der Waals surface area contributed by atoms with E-state index in [4.69, 9.17) is 11.6 Å². The van der Waals surface area contributed by atoms with Crippen LogP contribution in [0.15, 0.2) is 41.4 Å². The van der Waals surface area contributed by atoms with Crippen molar-refractivity contribution in [2.75, 3.05) is 13.6 Å². The molecule has 0 radical (unpaired) electrons. The molecule has 0 heterocycles. The molecule has 0 atom stereocenters. The molecule has 0 bridgehead atoms. The van der Waals surface area contributed by atoms with Gasteiger partial charge in [0.2, 0.25) is 0 Å². The number of halogens is 4. The molecule has 2 aromatic rings. The van der Waals surface area contributed by atoms with Gasteiger partial charge in [0, 0.05) is 20.0 Å². The van der Waals surface area contributed by atoms with Gasteiger partial charge in [-0.1, -0.05) is 29.8 Å². The molecule has 0 amide bonds. The molecule has 0 saturated heterocycles. The van der Waals surface area contributed by atoms with Crippen LogP contribution in [0, 0.1) is 6.92 Å². The van der Waals surface area contributed by atoms with Gasteiger partial charge in [-0.05, 0) is 48.7 Å². The number of aryl methyl sites for hydroxylation is 1. The van der Waals surface area contributed by atoms with Crippen molar-refractivity contribution in [3.8, 4) is 5.75 Å². The first-order valence-corrected chi connectivity index (χ1v) is 8.44. The summed E-state index contributed by atoms with van der Waals surface area (Å²) in [4.78, 5) is 6.25. The topological polar surface area (TPSA) is 24.8 Å². The van der Waals surface area contributed by atoms with E-state index in [0.717, 1.165) is 17.7 Å². The molecule has 0 saturated carbocycles. The van der Waals surface area contributed by atoms with E-state index in [0.29, 0.717) is 16.3 Å². The van der Waals surface area contributed by atoms with Crippen LogP contribution in [0.5, 0.6) is 5.75 Å². The maximum absolute atomic E-state index is 12.6. The normalized spacial score (nSPS) is 11.8. The summed E-state index contributed by atoms with van der Waals surface area (Å²) in [5.41, 5.74) is 2.76. The number of hydrogen-bond donors (Lipinski definition) is 0. The third-order valence-electron chi connectivity index (χ3n) is 3.88. The van der Waals surface area contributed by atoms with Crippen molar-refractivity contribution in [1.29, 1.82) is 0 Å². The highest BCUT2D eigenvalue weighted by atomic mass is 35.5. The Bertz CT molecular complexity index is 791. The third-order valence-corrected chi connectivity index (χ3v) is 4.18. The number of ether oxygens (including phenoxy) is 1. The summed E-state index contributed by atoms with van der Waals surface area (Å²) < 4.78 is 41.8. The Balaban J connectivity index is 2.29. The Kier molecular flexibility index (Phi) is 6.53. The largest absolute Gasteiger partial charge is 0.573 e. The van der Waals surface area contributed by atoms with E-state index >= 15 is 0 Å². The van der Waals surface area contributed by atoms with Crippen LogP contribution < -0.4 is 4.74 Å². The second-order valence-electron chi connectivity index (χ2n) is 5.88. The van der Waals surface area contributed by atoms with Gasteiger partial charge >= 0.3 is 6.36 Å². The van der Waals surface area contributed by atoms with Gasteiger partial charge in [-0.2, -0.15) is 0 Å². The van der Waals surface area contributed by atoms with Crippen molar-refractivity contribution in [2.24, 2.45) is 4.99 Å². The Labute approximate surface area is 156 Å². The minimum atomic E-state index is -4.73. The third kappa shape index (κ3) is 5.66. The number of alkyl halides is 3. The zero-order valence-corrected chi connectivity index (χ0v) is 15.5. The lowest BCUT2D eigenvalue weighted by Gasteiger charge is -2.15. The summed E-state index contributed by atoms with van der Waals surface area (Å²) in [5, 5.41) is 0.445. The quantitative estimate of drug-likeness (QED) is 0.468. The molecular formula is C19H20ClF3N2O. The Morgan fingerprint density at radius 1 is 1.19 bits per heavy atom. The van der Waals surface area contributed by atoms with Crippen molar-refractivity contribution in [3.63, 3.8) is 0 Å². The fourth-order valence-corrected chi connectivity index (χ4v) is 2.55. The minimum Gasteiger partial charge on any atom is -0.405 e. The van der Waals surface area contributed by atoms with Crippen molar-refractivity contribution in [1.82, 2.24) is 4.90 Å². The predicted molar refractivity (Wildman–Crippen MR) is 98.6 cm³/mol. The predicted octanol–water partition coefficient (Wildman–Crippen LogP) is 5.75. The van der Waals surface area contributed by atoms with Gasteiger partial charge in [0.05, 0.1) is 17.0 Å². The molecule has 26 heavy (non-hydrogen) atoms. The van der Waals surface area contributed by atoms with Gasteiger partial charge in [0.15, 0.2) is 0 Å². The average Bonchev–Trinajstić information content (AvgIpc) is 2.56. The first-order chi connectivity index (χ1) is 12.2. The van der Waals surface area contributed by atoms with Crippen LogP contribution in [0.3, 0.4) is 0 Å². The Morgan fingerprint density at radius 2 is 1.88 bits per heavy atom. The number of para-hydroxylation sites is 1. The van der Waals surface area contributed by atoms with E-state index in [1.165, 1.54) is 12.1 Å². The average molecular weight is 385 g/mol. The highest BCUT2D eigenvalue weighted by molar-refractivity contribution is 6.33. The fourth-order valence-electron chi connectivity index (χ4n) is 2.32. The smallest absolute Gasteiger partial charge is 0.405 e. The van der Waals surface area contributed by atoms with Gasteiger partial charge in [-0.15, -0.1) is 13.2 Å². The summed E-state index contributed by atoms with van der Waals surface area (Å²) in [6, 6.07) is 9.65. The van der Waals surface area contributed by atoms with E-state index in [9.17, 15) is 13.2 Å². The standard InChI is InChI=1S/C19H20ClF3N2O/c1-4-25(3)12-24-17-9-13(2)15(11-16(17)20)10-14-7-5-6-8-18(14)26-19(21,22)23/h5-9,11-12H,4,10H2,1-3H3/b24-12-. The van der Waals surface area contributed by atoms with Gasteiger partial charge in [0.1, 0.15) is 5.75 Å². The van der Waals surface area contributed by atoms with Crippen LogP contribution in [-0.4, -0.2) is 31.2 Å². The second kappa shape index (κ2) is 8.45. The molecule has 7 heteroatoms. The zero-order valence-electron chi connectivity index (χ0n) is 14.8. The molecule has 0 N–H and O–H groups in total. The monoisotopic (exact) mass is 384 g/mol. The lowest BCUT2D eigenvalue weighted by Crippen LogP contribution is -2.18. The maximum atomic E-state index is 12.6. The number of aliphatic imine (C=N–C) groups is 1. The zero-order chi connectivity index (χ0) is 19.3. The Morgan fingerprint density at radius 3 is 2.54 bits per heavy atom. The summed E-state index contributed by atoms with van der Waals surface area (Å²) in [6.07, 6.45) is -2.77. The van der Waals surface area contributed by atoms with E-state index < -0.39 is 6.36 Å². The molecule has 0 aliphatic rings. The molecule has 2 aromatic carbocycles. The molecule has 0 aliphatic heterocycles. The van der Waals surface area contributed by atoms with Crippen molar-refractivity contribution in [2.45, 2.75) is 26.6 Å². The number of benzene rings is 2. The molecule has 0 spiro atoms. The van der Waals surface area contributed by atoms with E-state index in [1.54, 1.807) is 24.5 Å². The van der Waals surface area contributed by atoms with E-state index in [2.05, 4.69) is 9.73 Å². The van der Waals surface area contributed by atoms with Crippen LogP contribution in [0.2, 0.25) is 5.02 Å². The Hall–Kier alpha value is -2.21. The van der Waals surface area contributed by atoms with Crippen molar-refractivity contribution >= 4 is 23.6 Å². The fraction of sp³-hybridized carbons (Fsp3) is 0.316. The number of rotatable bonds is 6. The van der Waals surface area contributed by atoms with Gasteiger partial charge in [-0.3, -0.25) is 0 Å². The lowest BCUT2D eigenvalue weighted by molar-refractivity contribution is -0.274. The van der Waals surface area contributed by atoms with E-state index in [1.807, 2.05) is 31.9 Å². The number of nitrogens with zero attached hydrogens (tertiary/aromatic N) is 2. The first kappa shape index (κ1) is 20.1. The highest BCUT2D eigenvalue weighted by Crippen LogP contribution is 2.32. The molecule has 0 aliphatic carbocycles. The first-order valence-electron chi connectivity index (χ1n) is 8.06. The minimum absolute atomic E-state index is 0.206. The molecule has 0 unspecified atom stereocenters.